The zero-order valence-electron chi connectivity index (χ0n) is 13.4. The highest BCUT2D eigenvalue weighted by atomic mass is 32.2. The van der Waals surface area contributed by atoms with Gasteiger partial charge in [0.2, 0.25) is 0 Å². The van der Waals surface area contributed by atoms with Gasteiger partial charge in [-0.25, -0.2) is 4.68 Å². The maximum absolute atomic E-state index is 4.77. The molecule has 1 aromatic carbocycles. The van der Waals surface area contributed by atoms with Gasteiger partial charge in [-0.1, -0.05) is 39.0 Å². The summed E-state index contributed by atoms with van der Waals surface area (Å²) in [6.07, 6.45) is 1.17. The monoisotopic (exact) mass is 303 g/mol. The van der Waals surface area contributed by atoms with Crippen LogP contribution >= 0.6 is 11.8 Å². The first-order chi connectivity index (χ1) is 10.1. The van der Waals surface area contributed by atoms with Crippen molar-refractivity contribution >= 4 is 11.8 Å². The second-order valence-electron chi connectivity index (χ2n) is 5.50. The van der Waals surface area contributed by atoms with E-state index in [2.05, 4.69) is 62.0 Å². The van der Waals surface area contributed by atoms with Crippen molar-refractivity contribution in [3.05, 3.63) is 41.6 Å². The molecule has 0 unspecified atom stereocenters. The zero-order valence-corrected chi connectivity index (χ0v) is 14.2. The average molecular weight is 303 g/mol. The van der Waals surface area contributed by atoms with Gasteiger partial charge >= 0.3 is 0 Å². The Morgan fingerprint density at radius 1 is 1.24 bits per heavy atom. The molecule has 0 aliphatic carbocycles. The number of hydrogen-bond acceptors (Lipinski definition) is 3. The smallest absolute Gasteiger partial charge is 0.105 e. The number of nitrogens with zero attached hydrogens (tertiary/aromatic N) is 2. The Balaban J connectivity index is 2.37. The number of para-hydroxylation sites is 1. The van der Waals surface area contributed by atoms with Gasteiger partial charge < -0.3 is 5.32 Å². The molecule has 1 heterocycles. The van der Waals surface area contributed by atoms with Crippen LogP contribution in [0, 0.1) is 6.92 Å². The predicted octanol–water partition coefficient (Wildman–Crippen LogP) is 4.18. The van der Waals surface area contributed by atoms with Gasteiger partial charge in [0.15, 0.2) is 0 Å². The quantitative estimate of drug-likeness (QED) is 0.778. The maximum Gasteiger partial charge on any atom is 0.105 e. The number of rotatable bonds is 7. The van der Waals surface area contributed by atoms with Crippen LogP contribution in [0.15, 0.2) is 35.4 Å². The third-order valence-electron chi connectivity index (χ3n) is 3.27. The van der Waals surface area contributed by atoms with Crippen LogP contribution in [0.5, 0.6) is 0 Å². The lowest BCUT2D eigenvalue weighted by Crippen LogP contribution is -2.22. The van der Waals surface area contributed by atoms with Crippen molar-refractivity contribution in [2.75, 3.05) is 5.75 Å². The Bertz CT molecular complexity index is 561. The summed E-state index contributed by atoms with van der Waals surface area (Å²) in [4.78, 5) is 0. The topological polar surface area (TPSA) is 29.9 Å². The maximum atomic E-state index is 4.77. The van der Waals surface area contributed by atoms with E-state index >= 15 is 0 Å². The molecule has 4 heteroatoms. The Hall–Kier alpha value is -1.26. The fourth-order valence-electron chi connectivity index (χ4n) is 2.14. The predicted molar refractivity (Wildman–Crippen MR) is 91.3 cm³/mol. The van der Waals surface area contributed by atoms with Gasteiger partial charge in [-0.3, -0.25) is 0 Å². The van der Waals surface area contributed by atoms with Gasteiger partial charge in [0.05, 0.1) is 11.4 Å². The van der Waals surface area contributed by atoms with Crippen molar-refractivity contribution in [1.29, 1.82) is 0 Å². The summed E-state index contributed by atoms with van der Waals surface area (Å²) in [7, 11) is 0. The lowest BCUT2D eigenvalue weighted by atomic mass is 10.2. The first-order valence-corrected chi connectivity index (χ1v) is 8.62. The fourth-order valence-corrected chi connectivity index (χ4v) is 3.20. The molecule has 2 rings (SSSR count). The summed E-state index contributed by atoms with van der Waals surface area (Å²) in [6.45, 7) is 9.55. The number of nitrogens with one attached hydrogen (secondary N) is 1. The molecule has 1 N–H and O–H groups in total. The molecule has 0 atom stereocenters. The molecule has 3 nitrogen and oxygen atoms in total. The summed E-state index contributed by atoms with van der Waals surface area (Å²) in [5, 5.41) is 9.56. The summed E-state index contributed by atoms with van der Waals surface area (Å²) in [5.41, 5.74) is 3.58. The van der Waals surface area contributed by atoms with Crippen LogP contribution in [0.3, 0.4) is 0 Å². The second kappa shape index (κ2) is 7.66. The molecular formula is C17H25N3S. The van der Waals surface area contributed by atoms with Gasteiger partial charge in [-0.15, -0.1) is 11.8 Å². The molecule has 0 aliphatic heterocycles. The SMILES string of the molecule is CCCSc1c(CNC(C)C)c(C)nn1-c1ccccc1. The molecule has 2 aromatic rings. The van der Waals surface area contributed by atoms with E-state index in [1.807, 2.05) is 17.8 Å². The molecule has 0 saturated carbocycles. The summed E-state index contributed by atoms with van der Waals surface area (Å²) in [5.74, 6) is 1.12. The number of hydrogen-bond donors (Lipinski definition) is 1. The molecular weight excluding hydrogens is 278 g/mol. The Morgan fingerprint density at radius 2 is 1.95 bits per heavy atom. The van der Waals surface area contributed by atoms with Crippen molar-refractivity contribution < 1.29 is 0 Å². The van der Waals surface area contributed by atoms with E-state index in [1.165, 1.54) is 17.0 Å². The summed E-state index contributed by atoms with van der Waals surface area (Å²) < 4.78 is 2.09. The number of benzene rings is 1. The van der Waals surface area contributed by atoms with E-state index in [-0.39, 0.29) is 0 Å². The van der Waals surface area contributed by atoms with Crippen molar-refractivity contribution in [2.45, 2.75) is 51.7 Å². The van der Waals surface area contributed by atoms with Gasteiger partial charge in [-0.05, 0) is 31.2 Å². The van der Waals surface area contributed by atoms with Crippen LogP contribution in [0.4, 0.5) is 0 Å². The Labute approximate surface area is 132 Å². The molecule has 0 saturated heterocycles. The van der Waals surface area contributed by atoms with E-state index in [0.717, 1.165) is 23.7 Å². The highest BCUT2D eigenvalue weighted by molar-refractivity contribution is 7.99. The fraction of sp³-hybridized carbons (Fsp3) is 0.471. The second-order valence-corrected chi connectivity index (χ2v) is 6.58. The van der Waals surface area contributed by atoms with Crippen LogP contribution < -0.4 is 5.32 Å². The van der Waals surface area contributed by atoms with E-state index in [4.69, 9.17) is 5.10 Å². The molecule has 0 fully saturated rings. The van der Waals surface area contributed by atoms with Gasteiger partial charge in [0.25, 0.3) is 0 Å². The molecule has 114 valence electrons. The number of thioether (sulfide) groups is 1. The van der Waals surface area contributed by atoms with Crippen LogP contribution in [-0.4, -0.2) is 21.6 Å². The largest absolute Gasteiger partial charge is 0.310 e. The van der Waals surface area contributed by atoms with Gasteiger partial charge in [0.1, 0.15) is 5.03 Å². The molecule has 0 bridgehead atoms. The third kappa shape index (κ3) is 4.11. The van der Waals surface area contributed by atoms with Crippen molar-refractivity contribution in [3.63, 3.8) is 0 Å². The number of aryl methyl sites for hydroxylation is 1. The van der Waals surface area contributed by atoms with Crippen molar-refractivity contribution in [1.82, 2.24) is 15.1 Å². The zero-order chi connectivity index (χ0) is 15.2. The summed E-state index contributed by atoms with van der Waals surface area (Å²) in [6, 6.07) is 10.9. The van der Waals surface area contributed by atoms with E-state index in [9.17, 15) is 0 Å². The molecule has 1 aromatic heterocycles. The van der Waals surface area contributed by atoms with Crippen LogP contribution in [0.1, 0.15) is 38.4 Å². The van der Waals surface area contributed by atoms with E-state index < -0.39 is 0 Å². The van der Waals surface area contributed by atoms with Crippen LogP contribution in [-0.2, 0) is 6.54 Å². The van der Waals surface area contributed by atoms with Crippen molar-refractivity contribution in [2.24, 2.45) is 0 Å². The van der Waals surface area contributed by atoms with E-state index in [1.54, 1.807) is 0 Å². The lowest BCUT2D eigenvalue weighted by molar-refractivity contribution is 0.582. The molecule has 0 spiro atoms. The van der Waals surface area contributed by atoms with Gasteiger partial charge in [0, 0.05) is 18.2 Å². The Kier molecular flexibility index (Phi) is 5.88. The first-order valence-electron chi connectivity index (χ1n) is 7.63. The molecule has 21 heavy (non-hydrogen) atoms. The normalized spacial score (nSPS) is 11.3. The minimum Gasteiger partial charge on any atom is -0.310 e. The molecule has 0 radical (unpaired) electrons. The average Bonchev–Trinajstić information content (AvgIpc) is 2.80. The van der Waals surface area contributed by atoms with Crippen LogP contribution in [0.2, 0.25) is 0 Å². The minimum absolute atomic E-state index is 0.480. The van der Waals surface area contributed by atoms with Gasteiger partial charge in [-0.2, -0.15) is 5.10 Å². The third-order valence-corrected chi connectivity index (χ3v) is 4.57. The molecule has 0 amide bonds. The molecule has 0 aliphatic rings. The highest BCUT2D eigenvalue weighted by Crippen LogP contribution is 2.28. The Morgan fingerprint density at radius 3 is 2.57 bits per heavy atom. The first kappa shape index (κ1) is 16.1. The van der Waals surface area contributed by atoms with Crippen LogP contribution in [0.25, 0.3) is 5.69 Å². The van der Waals surface area contributed by atoms with Crippen molar-refractivity contribution in [3.8, 4) is 5.69 Å². The standard InChI is InChI=1S/C17H25N3S/c1-5-11-21-17-16(12-18-13(2)3)14(4)19-20(17)15-9-7-6-8-10-15/h6-10,13,18H,5,11-12H2,1-4H3. The van der Waals surface area contributed by atoms with E-state index in [0.29, 0.717) is 6.04 Å². The lowest BCUT2D eigenvalue weighted by Gasteiger charge is -2.11. The highest BCUT2D eigenvalue weighted by Gasteiger charge is 2.16. The minimum atomic E-state index is 0.480. The number of aromatic nitrogens is 2. The summed E-state index contributed by atoms with van der Waals surface area (Å²) >= 11 is 1.90.